The zero-order valence-corrected chi connectivity index (χ0v) is 11.3. The Morgan fingerprint density at radius 3 is 1.88 bits per heavy atom. The first-order valence-corrected chi connectivity index (χ1v) is 7.05. The molecular formula is C12H15F3Se. The Morgan fingerprint density at radius 1 is 1.00 bits per heavy atom. The van der Waals surface area contributed by atoms with E-state index in [4.69, 9.17) is 0 Å². The summed E-state index contributed by atoms with van der Waals surface area (Å²) in [5.74, 6) is 0. The molecule has 0 bridgehead atoms. The molecule has 0 aliphatic carbocycles. The molecule has 1 aromatic carbocycles. The van der Waals surface area contributed by atoms with Crippen LogP contribution in [-0.2, 0) is 10.7 Å². The molecule has 0 saturated carbocycles. The van der Waals surface area contributed by atoms with E-state index in [-0.39, 0.29) is 10.7 Å². The first-order chi connectivity index (χ1) is 7.18. The summed E-state index contributed by atoms with van der Waals surface area (Å²) in [4.78, 5) is 0. The zero-order valence-electron chi connectivity index (χ0n) is 9.56. The van der Waals surface area contributed by atoms with Crippen LogP contribution >= 0.6 is 0 Å². The standard InChI is InChI=1S/C12H15F3Se/c1-11(2,3)10-6-4-9(5-7-10)8-16-12(13,14)15/h4-7H,8H2,1-3H3. The van der Waals surface area contributed by atoms with Crippen LogP contribution in [0.3, 0.4) is 0 Å². The summed E-state index contributed by atoms with van der Waals surface area (Å²) in [7, 11) is 0. The van der Waals surface area contributed by atoms with Gasteiger partial charge in [-0.3, -0.25) is 0 Å². The van der Waals surface area contributed by atoms with Crippen molar-refractivity contribution < 1.29 is 13.2 Å². The number of rotatable bonds is 2. The van der Waals surface area contributed by atoms with Gasteiger partial charge in [-0.25, -0.2) is 0 Å². The van der Waals surface area contributed by atoms with Gasteiger partial charge in [-0.1, -0.05) is 0 Å². The molecular weight excluding hydrogens is 280 g/mol. The van der Waals surface area contributed by atoms with Gasteiger partial charge >= 0.3 is 100 Å². The number of hydrogen-bond acceptors (Lipinski definition) is 0. The van der Waals surface area contributed by atoms with Crippen molar-refractivity contribution in [3.8, 4) is 0 Å². The fourth-order valence-electron chi connectivity index (χ4n) is 1.27. The van der Waals surface area contributed by atoms with Crippen LogP contribution in [0.15, 0.2) is 24.3 Å². The molecule has 0 unspecified atom stereocenters. The van der Waals surface area contributed by atoms with E-state index in [1.54, 1.807) is 12.1 Å². The number of benzene rings is 1. The third kappa shape index (κ3) is 4.58. The maximum absolute atomic E-state index is 12.0. The molecule has 1 rings (SSSR count). The monoisotopic (exact) mass is 296 g/mol. The molecule has 0 nitrogen and oxygen atoms in total. The molecule has 0 amide bonds. The number of hydrogen-bond donors (Lipinski definition) is 0. The van der Waals surface area contributed by atoms with Gasteiger partial charge in [-0.2, -0.15) is 0 Å². The average Bonchev–Trinajstić information content (AvgIpc) is 2.13. The first kappa shape index (κ1) is 13.6. The Labute approximate surface area is 100 Å². The van der Waals surface area contributed by atoms with E-state index >= 15 is 0 Å². The normalized spacial score (nSPS) is 12.9. The van der Waals surface area contributed by atoms with Crippen molar-refractivity contribution in [2.24, 2.45) is 0 Å². The minimum atomic E-state index is -4.00. The second kappa shape index (κ2) is 4.80. The molecule has 1 aromatic rings. The summed E-state index contributed by atoms with van der Waals surface area (Å²) in [6.07, 6.45) is 0. The Morgan fingerprint density at radius 2 is 1.50 bits per heavy atom. The van der Waals surface area contributed by atoms with Crippen molar-refractivity contribution in [3.05, 3.63) is 35.4 Å². The second-order valence-corrected chi connectivity index (χ2v) is 6.86. The summed E-state index contributed by atoms with van der Waals surface area (Å²) < 4.78 is 36.1. The van der Waals surface area contributed by atoms with E-state index in [1.807, 2.05) is 12.1 Å². The van der Waals surface area contributed by atoms with E-state index in [9.17, 15) is 13.2 Å². The van der Waals surface area contributed by atoms with Crippen LogP contribution in [0.2, 0.25) is 0 Å². The minimum absolute atomic E-state index is 0.0493. The van der Waals surface area contributed by atoms with Crippen LogP contribution in [-0.4, -0.2) is 20.0 Å². The van der Waals surface area contributed by atoms with Crippen LogP contribution in [0.1, 0.15) is 31.9 Å². The van der Waals surface area contributed by atoms with Crippen molar-refractivity contribution in [3.63, 3.8) is 0 Å². The van der Waals surface area contributed by atoms with Crippen molar-refractivity contribution in [2.75, 3.05) is 0 Å². The van der Waals surface area contributed by atoms with Crippen molar-refractivity contribution >= 4 is 15.0 Å². The quantitative estimate of drug-likeness (QED) is 0.730. The second-order valence-electron chi connectivity index (χ2n) is 4.68. The Bertz CT molecular complexity index is 333. The van der Waals surface area contributed by atoms with Gasteiger partial charge in [-0.15, -0.1) is 0 Å². The summed E-state index contributed by atoms with van der Waals surface area (Å²) >= 11 is -1.31. The van der Waals surface area contributed by atoms with E-state index in [1.165, 1.54) is 0 Å². The van der Waals surface area contributed by atoms with Crippen molar-refractivity contribution in [2.45, 2.75) is 36.6 Å². The molecule has 0 N–H and O–H groups in total. The van der Waals surface area contributed by atoms with Gasteiger partial charge in [0.25, 0.3) is 0 Å². The van der Waals surface area contributed by atoms with Gasteiger partial charge in [0.1, 0.15) is 0 Å². The van der Waals surface area contributed by atoms with Gasteiger partial charge in [0, 0.05) is 0 Å². The first-order valence-electron chi connectivity index (χ1n) is 4.98. The molecule has 4 heteroatoms. The SMILES string of the molecule is CC(C)(C)c1ccc(C[Se]C(F)(F)F)cc1. The Balaban J connectivity index is 2.66. The average molecular weight is 295 g/mol. The third-order valence-electron chi connectivity index (χ3n) is 2.22. The summed E-state index contributed by atoms with van der Waals surface area (Å²) in [6, 6.07) is 7.44. The van der Waals surface area contributed by atoms with E-state index in [2.05, 4.69) is 20.8 Å². The molecule has 0 aromatic heterocycles. The molecule has 0 spiro atoms. The zero-order chi connectivity index (χ0) is 12.4. The molecule has 0 aliphatic heterocycles. The number of halogens is 3. The van der Waals surface area contributed by atoms with E-state index in [0.717, 1.165) is 11.1 Å². The maximum atomic E-state index is 12.0. The van der Waals surface area contributed by atoms with E-state index < -0.39 is 20.0 Å². The van der Waals surface area contributed by atoms with Crippen LogP contribution in [0, 0.1) is 0 Å². The van der Waals surface area contributed by atoms with Crippen LogP contribution < -0.4 is 0 Å². The molecule has 0 saturated heterocycles. The van der Waals surface area contributed by atoms with Gasteiger partial charge in [-0.05, 0) is 0 Å². The molecule has 90 valence electrons. The van der Waals surface area contributed by atoms with Crippen LogP contribution in [0.5, 0.6) is 0 Å². The van der Waals surface area contributed by atoms with E-state index in [0.29, 0.717) is 0 Å². The van der Waals surface area contributed by atoms with Gasteiger partial charge in [0.15, 0.2) is 0 Å². The predicted octanol–water partition coefficient (Wildman–Crippen LogP) is 3.71. The van der Waals surface area contributed by atoms with Gasteiger partial charge in [0.2, 0.25) is 0 Å². The molecule has 16 heavy (non-hydrogen) atoms. The Kier molecular flexibility index (Phi) is 4.08. The van der Waals surface area contributed by atoms with Gasteiger partial charge in [0.05, 0.1) is 0 Å². The molecule has 0 heterocycles. The van der Waals surface area contributed by atoms with Crippen LogP contribution in [0.4, 0.5) is 13.2 Å². The summed E-state index contributed by atoms with van der Waals surface area (Å²) in [5, 5.41) is -3.88. The molecule has 0 radical (unpaired) electrons. The summed E-state index contributed by atoms with van der Waals surface area (Å²) in [6.45, 7) is 6.25. The molecule has 0 fully saturated rings. The fraction of sp³-hybridized carbons (Fsp3) is 0.500. The van der Waals surface area contributed by atoms with Crippen molar-refractivity contribution in [1.29, 1.82) is 0 Å². The topological polar surface area (TPSA) is 0 Å². The predicted molar refractivity (Wildman–Crippen MR) is 60.7 cm³/mol. The third-order valence-corrected chi connectivity index (χ3v) is 3.91. The number of alkyl halides is 3. The molecule has 0 atom stereocenters. The van der Waals surface area contributed by atoms with Crippen LogP contribution in [0.25, 0.3) is 0 Å². The van der Waals surface area contributed by atoms with Gasteiger partial charge < -0.3 is 0 Å². The molecule has 0 aliphatic rings. The van der Waals surface area contributed by atoms with Crippen molar-refractivity contribution in [1.82, 2.24) is 0 Å². The fourth-order valence-corrected chi connectivity index (χ4v) is 2.36. The Hall–Kier alpha value is -0.471. The summed E-state index contributed by atoms with van der Waals surface area (Å²) in [5.41, 5.74) is 1.97.